The van der Waals surface area contributed by atoms with Crippen LogP contribution in [0.5, 0.6) is 0 Å². The fraction of sp³-hybridized carbons (Fsp3) is 0.303. The molecule has 0 saturated carbocycles. The monoisotopic (exact) mass is 520 g/mol. The minimum absolute atomic E-state index is 0.00596. The molecule has 0 radical (unpaired) electrons. The molecule has 2 N–H and O–H groups in total. The van der Waals surface area contributed by atoms with Crippen molar-refractivity contribution in [1.82, 2.24) is 20.5 Å². The van der Waals surface area contributed by atoms with E-state index >= 15 is 0 Å². The minimum atomic E-state index is -0.587. The molecule has 2 heterocycles. The third kappa shape index (κ3) is 6.89. The molecule has 0 bridgehead atoms. The maximum absolute atomic E-state index is 14.0. The van der Waals surface area contributed by atoms with Gasteiger partial charge in [-0.2, -0.15) is 0 Å². The standard InChI is InChI=1S/C33H36N4O2/c1-24(38)36-32(21-26-12-6-3-7-13-26)33(39)37-19-17-28(22-29(37)20-25-10-4-2-5-11-25)35-23-27-16-18-34-31-15-9-8-14-30(27)31/h2-16,18,28-29,32,35H,17,19-23H2,1H3,(H,36,38)/t28-,29+,32-/m0/s1. The fourth-order valence-electron chi connectivity index (χ4n) is 5.67. The van der Waals surface area contributed by atoms with E-state index < -0.39 is 6.04 Å². The molecule has 1 fully saturated rings. The molecule has 200 valence electrons. The number of para-hydroxylation sites is 1. The van der Waals surface area contributed by atoms with Gasteiger partial charge in [-0.3, -0.25) is 14.6 Å². The van der Waals surface area contributed by atoms with Gasteiger partial charge in [0.1, 0.15) is 6.04 Å². The summed E-state index contributed by atoms with van der Waals surface area (Å²) >= 11 is 0. The number of nitrogens with zero attached hydrogens (tertiary/aromatic N) is 2. The molecule has 2 amide bonds. The van der Waals surface area contributed by atoms with Gasteiger partial charge in [-0.05, 0) is 48.1 Å². The van der Waals surface area contributed by atoms with Crippen molar-refractivity contribution in [1.29, 1.82) is 0 Å². The predicted molar refractivity (Wildman–Crippen MR) is 155 cm³/mol. The van der Waals surface area contributed by atoms with Gasteiger partial charge in [-0.15, -0.1) is 0 Å². The average molecular weight is 521 g/mol. The molecule has 39 heavy (non-hydrogen) atoms. The number of carbonyl (C=O) groups is 2. The second kappa shape index (κ2) is 12.7. The van der Waals surface area contributed by atoms with Crippen LogP contribution in [0.3, 0.4) is 0 Å². The normalized spacial score (nSPS) is 18.0. The average Bonchev–Trinajstić information content (AvgIpc) is 2.96. The number of nitrogens with one attached hydrogen (secondary N) is 2. The molecule has 5 rings (SSSR count). The smallest absolute Gasteiger partial charge is 0.245 e. The number of fused-ring (bicyclic) bond motifs is 1. The van der Waals surface area contributed by atoms with Gasteiger partial charge >= 0.3 is 0 Å². The van der Waals surface area contributed by atoms with E-state index in [1.54, 1.807) is 0 Å². The van der Waals surface area contributed by atoms with Crippen LogP contribution in [0.15, 0.2) is 97.2 Å². The van der Waals surface area contributed by atoms with Gasteiger partial charge in [0.15, 0.2) is 0 Å². The highest BCUT2D eigenvalue weighted by Crippen LogP contribution is 2.24. The molecule has 0 unspecified atom stereocenters. The van der Waals surface area contributed by atoms with Gasteiger partial charge in [-0.1, -0.05) is 78.9 Å². The Hall–Kier alpha value is -4.03. The maximum Gasteiger partial charge on any atom is 0.245 e. The number of benzene rings is 3. The molecule has 0 spiro atoms. The summed E-state index contributed by atoms with van der Waals surface area (Å²) in [6.07, 6.45) is 4.83. The summed E-state index contributed by atoms with van der Waals surface area (Å²) in [5.41, 5.74) is 4.47. The highest BCUT2D eigenvalue weighted by atomic mass is 16.2. The first-order chi connectivity index (χ1) is 19.1. The fourth-order valence-corrected chi connectivity index (χ4v) is 5.67. The second-order valence-corrected chi connectivity index (χ2v) is 10.4. The van der Waals surface area contributed by atoms with Gasteiger partial charge in [0.25, 0.3) is 0 Å². The van der Waals surface area contributed by atoms with Gasteiger partial charge in [0, 0.05) is 50.1 Å². The van der Waals surface area contributed by atoms with Gasteiger partial charge in [0.2, 0.25) is 11.8 Å². The molecular weight excluding hydrogens is 484 g/mol. The quantitative estimate of drug-likeness (QED) is 0.336. The Morgan fingerprint density at radius 1 is 0.923 bits per heavy atom. The summed E-state index contributed by atoms with van der Waals surface area (Å²) in [6, 6.07) is 30.3. The Bertz CT molecular complexity index is 1390. The molecular formula is C33H36N4O2. The number of aromatic nitrogens is 1. The van der Waals surface area contributed by atoms with Crippen LogP contribution >= 0.6 is 0 Å². The van der Waals surface area contributed by atoms with E-state index in [4.69, 9.17) is 0 Å². The zero-order valence-corrected chi connectivity index (χ0v) is 22.4. The lowest BCUT2D eigenvalue weighted by Gasteiger charge is -2.41. The Morgan fingerprint density at radius 2 is 1.62 bits per heavy atom. The lowest BCUT2D eigenvalue weighted by atomic mass is 9.90. The van der Waals surface area contributed by atoms with Crippen molar-refractivity contribution in [3.8, 4) is 0 Å². The van der Waals surface area contributed by atoms with Gasteiger partial charge < -0.3 is 15.5 Å². The number of pyridine rings is 1. The third-order valence-electron chi connectivity index (χ3n) is 7.59. The number of piperidine rings is 1. The first-order valence-corrected chi connectivity index (χ1v) is 13.8. The SMILES string of the molecule is CC(=O)N[C@@H](Cc1ccccc1)C(=O)N1CC[C@H](NCc2ccnc3ccccc23)C[C@H]1Cc1ccccc1. The molecule has 1 aliphatic heterocycles. The predicted octanol–water partition coefficient (Wildman–Crippen LogP) is 4.67. The van der Waals surface area contributed by atoms with Crippen LogP contribution < -0.4 is 10.6 Å². The van der Waals surface area contributed by atoms with E-state index in [9.17, 15) is 9.59 Å². The highest BCUT2D eigenvalue weighted by molar-refractivity contribution is 5.87. The Labute approximate surface area is 230 Å². The van der Waals surface area contributed by atoms with E-state index in [2.05, 4.69) is 45.9 Å². The highest BCUT2D eigenvalue weighted by Gasteiger charge is 2.35. The first kappa shape index (κ1) is 26.6. The summed E-state index contributed by atoms with van der Waals surface area (Å²) in [6.45, 7) is 2.88. The zero-order chi connectivity index (χ0) is 27.0. The number of amides is 2. The minimum Gasteiger partial charge on any atom is -0.344 e. The summed E-state index contributed by atoms with van der Waals surface area (Å²) in [5, 5.41) is 7.87. The van der Waals surface area contributed by atoms with Gasteiger partial charge in [0.05, 0.1) is 5.52 Å². The van der Waals surface area contributed by atoms with E-state index in [0.717, 1.165) is 36.9 Å². The first-order valence-electron chi connectivity index (χ1n) is 13.8. The van der Waals surface area contributed by atoms with Crippen LogP contribution in [0, 0.1) is 0 Å². The van der Waals surface area contributed by atoms with Crippen LogP contribution in [0.25, 0.3) is 10.9 Å². The number of likely N-dealkylation sites (tertiary alicyclic amines) is 1. The van der Waals surface area contributed by atoms with Crippen molar-refractivity contribution in [2.45, 2.75) is 57.3 Å². The summed E-state index contributed by atoms with van der Waals surface area (Å²) in [5.74, 6) is -0.196. The van der Waals surface area contributed by atoms with Crippen molar-refractivity contribution in [3.05, 3.63) is 114 Å². The second-order valence-electron chi connectivity index (χ2n) is 10.4. The zero-order valence-electron chi connectivity index (χ0n) is 22.4. The lowest BCUT2D eigenvalue weighted by molar-refractivity contribution is -0.139. The van der Waals surface area contributed by atoms with E-state index in [1.807, 2.05) is 71.8 Å². The molecule has 3 atom stereocenters. The molecule has 1 aromatic heterocycles. The lowest BCUT2D eigenvalue weighted by Crippen LogP contribution is -2.57. The van der Waals surface area contributed by atoms with Crippen LogP contribution in [-0.4, -0.2) is 46.4 Å². The van der Waals surface area contributed by atoms with Crippen molar-refractivity contribution in [3.63, 3.8) is 0 Å². The molecule has 6 heteroatoms. The van der Waals surface area contributed by atoms with Crippen LogP contribution in [0.4, 0.5) is 0 Å². The van der Waals surface area contributed by atoms with Crippen molar-refractivity contribution in [2.75, 3.05) is 6.54 Å². The largest absolute Gasteiger partial charge is 0.344 e. The molecule has 1 aliphatic rings. The van der Waals surface area contributed by atoms with E-state index in [1.165, 1.54) is 23.4 Å². The molecule has 0 aliphatic carbocycles. The Morgan fingerprint density at radius 3 is 2.36 bits per heavy atom. The molecule has 6 nitrogen and oxygen atoms in total. The summed E-state index contributed by atoms with van der Waals surface area (Å²) in [7, 11) is 0. The summed E-state index contributed by atoms with van der Waals surface area (Å²) in [4.78, 5) is 32.5. The van der Waals surface area contributed by atoms with Crippen molar-refractivity contribution >= 4 is 22.7 Å². The van der Waals surface area contributed by atoms with Crippen LogP contribution in [0.2, 0.25) is 0 Å². The van der Waals surface area contributed by atoms with E-state index in [0.29, 0.717) is 13.0 Å². The van der Waals surface area contributed by atoms with Crippen LogP contribution in [0.1, 0.15) is 36.5 Å². The molecule has 4 aromatic rings. The van der Waals surface area contributed by atoms with Crippen LogP contribution in [-0.2, 0) is 29.0 Å². The Kier molecular flexibility index (Phi) is 8.64. The molecule has 3 aromatic carbocycles. The van der Waals surface area contributed by atoms with Crippen molar-refractivity contribution in [2.24, 2.45) is 0 Å². The number of hydrogen-bond acceptors (Lipinski definition) is 4. The number of carbonyl (C=O) groups excluding carboxylic acids is 2. The van der Waals surface area contributed by atoms with Gasteiger partial charge in [-0.25, -0.2) is 0 Å². The molecule has 1 saturated heterocycles. The maximum atomic E-state index is 14.0. The topological polar surface area (TPSA) is 74.3 Å². The number of rotatable bonds is 9. The number of hydrogen-bond donors (Lipinski definition) is 2. The third-order valence-corrected chi connectivity index (χ3v) is 7.59. The van der Waals surface area contributed by atoms with E-state index in [-0.39, 0.29) is 23.9 Å². The summed E-state index contributed by atoms with van der Waals surface area (Å²) < 4.78 is 0. The van der Waals surface area contributed by atoms with Crippen molar-refractivity contribution < 1.29 is 9.59 Å². The Balaban J connectivity index is 1.33.